The van der Waals surface area contributed by atoms with Crippen molar-refractivity contribution >= 4 is 29.6 Å². The van der Waals surface area contributed by atoms with Crippen LogP contribution in [-0.4, -0.2) is 99.5 Å². The number of hydrogen-bond donors (Lipinski definition) is 4. The summed E-state index contributed by atoms with van der Waals surface area (Å²) in [5.41, 5.74) is -5.90. The van der Waals surface area contributed by atoms with Crippen molar-refractivity contribution in [2.24, 2.45) is 16.7 Å². The summed E-state index contributed by atoms with van der Waals surface area (Å²) in [4.78, 5) is 70.4. The van der Waals surface area contributed by atoms with Crippen LogP contribution >= 0.6 is 0 Å². The Kier molecular flexibility index (Phi) is 11.9. The molecule has 0 aromatic heterocycles. The molecule has 3 fully saturated rings. The lowest BCUT2D eigenvalue weighted by Gasteiger charge is -2.67. The highest BCUT2D eigenvalue weighted by molar-refractivity contribution is 5.95. The number of carbonyl (C=O) groups excluding carboxylic acids is 5. The number of nitrogens with one attached hydrogen (secondary N) is 1. The lowest BCUT2D eigenvalue weighted by Crippen LogP contribution is -2.82. The largest absolute Gasteiger partial charge is 0.458 e. The second-order valence-corrected chi connectivity index (χ2v) is 17.4. The first kappa shape index (κ1) is 43.8. The predicted octanol–water partition coefficient (Wildman–Crippen LogP) is 4.56. The molecule has 1 amide bonds. The van der Waals surface area contributed by atoms with E-state index >= 15 is 4.79 Å². The molecule has 2 saturated carbocycles. The first-order valence-corrected chi connectivity index (χ1v) is 20.5. The zero-order chi connectivity index (χ0) is 44.1. The summed E-state index contributed by atoms with van der Waals surface area (Å²) in [6.45, 7) is 8.61. The minimum absolute atomic E-state index is 0.115. The molecule has 0 radical (unpaired) electrons. The minimum Gasteiger partial charge on any atom is -0.458 e. The summed E-state index contributed by atoms with van der Waals surface area (Å²) in [6.07, 6.45) is -9.58. The van der Waals surface area contributed by atoms with Crippen LogP contribution in [0.5, 0.6) is 0 Å². The summed E-state index contributed by atoms with van der Waals surface area (Å²) >= 11 is 0. The van der Waals surface area contributed by atoms with Gasteiger partial charge in [-0.15, -0.1) is 0 Å². The topological polar surface area (TPSA) is 204 Å². The first-order valence-electron chi connectivity index (χ1n) is 20.5. The van der Waals surface area contributed by atoms with Gasteiger partial charge in [0, 0.05) is 30.7 Å². The van der Waals surface area contributed by atoms with Crippen LogP contribution in [0.15, 0.2) is 102 Å². The van der Waals surface area contributed by atoms with Gasteiger partial charge in [0.2, 0.25) is 0 Å². The van der Waals surface area contributed by atoms with E-state index in [0.717, 1.165) is 0 Å². The van der Waals surface area contributed by atoms with E-state index in [1.54, 1.807) is 99.6 Å². The number of ketones is 1. The van der Waals surface area contributed by atoms with Gasteiger partial charge in [0.25, 0.3) is 5.91 Å². The predicted molar refractivity (Wildman–Crippen MR) is 217 cm³/mol. The van der Waals surface area contributed by atoms with Crippen molar-refractivity contribution < 1.29 is 63.0 Å². The maximum Gasteiger partial charge on any atom is 0.338 e. The summed E-state index contributed by atoms with van der Waals surface area (Å²) in [5, 5.41) is 39.5. The summed E-state index contributed by atoms with van der Waals surface area (Å²) in [6, 6.07) is 24.6. The molecule has 4 aliphatic rings. The van der Waals surface area contributed by atoms with Crippen LogP contribution < -0.4 is 5.32 Å². The second-order valence-electron chi connectivity index (χ2n) is 17.4. The van der Waals surface area contributed by atoms with Gasteiger partial charge in [-0.3, -0.25) is 19.2 Å². The average Bonchev–Trinajstić information content (AvgIpc) is 3.22. The molecular formula is C47H53NO13. The van der Waals surface area contributed by atoms with Crippen LogP contribution in [0.4, 0.5) is 0 Å². The van der Waals surface area contributed by atoms with Crippen molar-refractivity contribution in [2.75, 3.05) is 6.61 Å². The molecule has 11 unspecified atom stereocenters. The van der Waals surface area contributed by atoms with Gasteiger partial charge in [-0.2, -0.15) is 0 Å². The number of aliphatic hydroxyl groups is 3. The number of benzene rings is 3. The van der Waals surface area contributed by atoms with Gasteiger partial charge >= 0.3 is 17.9 Å². The lowest BCUT2D eigenvalue weighted by molar-refractivity contribution is -0.346. The Morgan fingerprint density at radius 2 is 1.49 bits per heavy atom. The fourth-order valence-corrected chi connectivity index (χ4v) is 10.2. The normalized spacial score (nSPS) is 32.3. The van der Waals surface area contributed by atoms with E-state index in [2.05, 4.69) is 5.32 Å². The second kappa shape index (κ2) is 16.6. The highest BCUT2D eigenvalue weighted by Crippen LogP contribution is 2.64. The highest BCUT2D eigenvalue weighted by atomic mass is 16.6. The highest BCUT2D eigenvalue weighted by Gasteiger charge is 2.78. The smallest absolute Gasteiger partial charge is 0.338 e. The SMILES string of the molecule is CC(=O)OC12COC1CC(O)C1(C)C(=O)C(OC(C)O)C3=C(C)C(OC(=O)CC(NC(=O)c4ccccc4)c4ccccc4)CC(O)(C(OC(=O)c4ccccc4)C21)C3(C)C. The average molecular weight is 840 g/mol. The van der Waals surface area contributed by atoms with Crippen LogP contribution in [0.2, 0.25) is 0 Å². The molecule has 0 spiro atoms. The van der Waals surface area contributed by atoms with E-state index in [9.17, 15) is 34.5 Å². The van der Waals surface area contributed by atoms with E-state index < -0.39 is 107 Å². The Morgan fingerprint density at radius 1 is 0.902 bits per heavy atom. The molecule has 14 nitrogen and oxygen atoms in total. The molecule has 324 valence electrons. The maximum atomic E-state index is 15.5. The Bertz CT molecular complexity index is 2190. The molecule has 3 aliphatic carbocycles. The Balaban J connectivity index is 1.37. The summed E-state index contributed by atoms with van der Waals surface area (Å²) in [5.74, 6) is -5.02. The van der Waals surface area contributed by atoms with Gasteiger partial charge in [-0.25, -0.2) is 4.79 Å². The van der Waals surface area contributed by atoms with Crippen molar-refractivity contribution in [1.82, 2.24) is 5.32 Å². The number of fused-ring (bicyclic) bond motifs is 5. The van der Waals surface area contributed by atoms with Gasteiger partial charge in [0.15, 0.2) is 17.7 Å². The Labute approximate surface area is 354 Å². The van der Waals surface area contributed by atoms with E-state index in [4.69, 9.17) is 23.7 Å². The fraction of sp³-hybridized carbons (Fsp3) is 0.468. The molecule has 61 heavy (non-hydrogen) atoms. The first-order chi connectivity index (χ1) is 28.8. The van der Waals surface area contributed by atoms with Crippen LogP contribution in [0.25, 0.3) is 0 Å². The van der Waals surface area contributed by atoms with Crippen molar-refractivity contribution in [2.45, 2.75) is 115 Å². The van der Waals surface area contributed by atoms with Crippen molar-refractivity contribution in [3.8, 4) is 0 Å². The third-order valence-electron chi connectivity index (χ3n) is 13.4. The van der Waals surface area contributed by atoms with Crippen molar-refractivity contribution in [3.63, 3.8) is 0 Å². The van der Waals surface area contributed by atoms with E-state index in [1.165, 1.54) is 32.9 Å². The van der Waals surface area contributed by atoms with Crippen LogP contribution in [0.1, 0.15) is 93.1 Å². The van der Waals surface area contributed by atoms with E-state index in [-0.39, 0.29) is 30.6 Å². The Morgan fingerprint density at radius 3 is 2.05 bits per heavy atom. The third-order valence-corrected chi connectivity index (χ3v) is 13.4. The van der Waals surface area contributed by atoms with E-state index in [1.807, 2.05) is 0 Å². The standard InChI is InChI=1S/C47H53NO13/c1-26-33(59-36(52)22-32(29-16-10-7-11-17-29)48-42(54)30-18-12-8-13-19-30)24-47(56)41(60-43(55)31-20-14-9-15-21-31)39-45(6,34(51)23-35-46(39,25-57-35)61-28(3)50)40(53)38(58-27(2)49)37(26)44(47,4)5/h7-21,27,32-35,38-39,41,49,51,56H,22-25H2,1-6H3,(H,48,54). The molecule has 1 saturated heterocycles. The maximum absolute atomic E-state index is 15.5. The fourth-order valence-electron chi connectivity index (χ4n) is 10.2. The van der Waals surface area contributed by atoms with Gasteiger partial charge in [-0.1, -0.05) is 80.6 Å². The monoisotopic (exact) mass is 839 g/mol. The molecule has 14 heteroatoms. The number of esters is 3. The van der Waals surface area contributed by atoms with Gasteiger partial charge in [0.1, 0.15) is 30.0 Å². The van der Waals surface area contributed by atoms with Crippen LogP contribution in [0.3, 0.4) is 0 Å². The minimum atomic E-state index is -2.27. The lowest BCUT2D eigenvalue weighted by atomic mass is 9.44. The molecule has 7 rings (SSSR count). The quantitative estimate of drug-likeness (QED) is 0.0907. The van der Waals surface area contributed by atoms with Gasteiger partial charge in [-0.05, 0) is 61.7 Å². The molecular weight excluding hydrogens is 787 g/mol. The van der Waals surface area contributed by atoms with Crippen molar-refractivity contribution in [1.29, 1.82) is 0 Å². The Hall–Kier alpha value is -5.25. The molecule has 3 aromatic rings. The number of aliphatic hydroxyl groups excluding tert-OH is 2. The molecule has 3 aromatic carbocycles. The molecule has 2 bridgehead atoms. The molecule has 11 atom stereocenters. The van der Waals surface area contributed by atoms with Crippen molar-refractivity contribution in [3.05, 3.63) is 119 Å². The summed E-state index contributed by atoms with van der Waals surface area (Å²) in [7, 11) is 0. The number of rotatable bonds is 11. The number of Topliss-reactive ketones (excluding diaryl/α,β-unsaturated/α-hetero) is 1. The van der Waals surface area contributed by atoms with Crippen LogP contribution in [-0.2, 0) is 38.1 Å². The summed E-state index contributed by atoms with van der Waals surface area (Å²) < 4.78 is 30.8. The number of hydrogen-bond acceptors (Lipinski definition) is 13. The number of ether oxygens (including phenoxy) is 5. The van der Waals surface area contributed by atoms with Gasteiger partial charge < -0.3 is 44.3 Å². The molecule has 1 aliphatic heterocycles. The van der Waals surface area contributed by atoms with Crippen LogP contribution in [0, 0.1) is 16.7 Å². The molecule has 4 N–H and O–H groups in total. The third kappa shape index (κ3) is 7.58. The number of carbonyl (C=O) groups is 5. The van der Waals surface area contributed by atoms with E-state index in [0.29, 0.717) is 16.7 Å². The van der Waals surface area contributed by atoms with Gasteiger partial charge in [0.05, 0.1) is 42.1 Å². The number of amides is 1. The zero-order valence-corrected chi connectivity index (χ0v) is 35.0. The molecule has 1 heterocycles. The zero-order valence-electron chi connectivity index (χ0n) is 35.0.